The van der Waals surface area contributed by atoms with Crippen molar-refractivity contribution in [2.24, 2.45) is 0 Å². The summed E-state index contributed by atoms with van der Waals surface area (Å²) in [5.74, 6) is 0.893. The lowest BCUT2D eigenvalue weighted by Gasteiger charge is -2.22. The molecular weight excluding hydrogens is 262 g/mol. The summed E-state index contributed by atoms with van der Waals surface area (Å²) in [4.78, 5) is 10.7. The standard InChI is InChI=1S/C13H17N3O2S/c1-2-9-7-10-11(15-13(14)16-12(10)19-9)18-8-3-5-17-6-4-8/h7-8H,2-6H2,1H3,(H2,14,15,16). The molecule has 0 saturated carbocycles. The van der Waals surface area contributed by atoms with Crippen molar-refractivity contribution >= 4 is 27.5 Å². The maximum absolute atomic E-state index is 6.00. The fraction of sp³-hybridized carbons (Fsp3) is 0.538. The molecule has 3 heterocycles. The van der Waals surface area contributed by atoms with Gasteiger partial charge in [-0.25, -0.2) is 4.98 Å². The van der Waals surface area contributed by atoms with Gasteiger partial charge in [-0.05, 0) is 12.5 Å². The van der Waals surface area contributed by atoms with Gasteiger partial charge in [0.1, 0.15) is 10.9 Å². The van der Waals surface area contributed by atoms with Crippen LogP contribution in [0, 0.1) is 0 Å². The molecule has 0 radical (unpaired) electrons. The van der Waals surface area contributed by atoms with Gasteiger partial charge in [-0.3, -0.25) is 0 Å². The molecule has 0 unspecified atom stereocenters. The summed E-state index contributed by atoms with van der Waals surface area (Å²) in [5, 5.41) is 0.975. The highest BCUT2D eigenvalue weighted by Crippen LogP contribution is 2.32. The summed E-state index contributed by atoms with van der Waals surface area (Å²) in [7, 11) is 0. The third-order valence-electron chi connectivity index (χ3n) is 3.22. The van der Waals surface area contributed by atoms with E-state index in [1.54, 1.807) is 11.3 Å². The Balaban J connectivity index is 1.94. The van der Waals surface area contributed by atoms with Crippen molar-refractivity contribution in [3.63, 3.8) is 0 Å². The van der Waals surface area contributed by atoms with Crippen molar-refractivity contribution in [3.05, 3.63) is 10.9 Å². The van der Waals surface area contributed by atoms with E-state index in [1.807, 2.05) is 0 Å². The van der Waals surface area contributed by atoms with E-state index in [-0.39, 0.29) is 12.1 Å². The van der Waals surface area contributed by atoms with Crippen LogP contribution in [0.3, 0.4) is 0 Å². The van der Waals surface area contributed by atoms with Gasteiger partial charge >= 0.3 is 0 Å². The maximum atomic E-state index is 6.00. The van der Waals surface area contributed by atoms with Gasteiger partial charge in [0.25, 0.3) is 0 Å². The molecular formula is C13H17N3O2S. The molecule has 1 aliphatic rings. The lowest BCUT2D eigenvalue weighted by molar-refractivity contribution is 0.0244. The van der Waals surface area contributed by atoms with E-state index in [0.717, 1.165) is 42.7 Å². The molecule has 5 nitrogen and oxygen atoms in total. The molecule has 0 aromatic carbocycles. The number of fused-ring (bicyclic) bond motifs is 1. The number of rotatable bonds is 3. The van der Waals surface area contributed by atoms with Crippen molar-refractivity contribution in [3.8, 4) is 5.88 Å². The first-order valence-electron chi connectivity index (χ1n) is 6.56. The van der Waals surface area contributed by atoms with E-state index >= 15 is 0 Å². The van der Waals surface area contributed by atoms with Gasteiger partial charge in [0.05, 0.1) is 18.6 Å². The number of aryl methyl sites for hydroxylation is 1. The Morgan fingerprint density at radius 3 is 2.95 bits per heavy atom. The number of nitrogens with two attached hydrogens (primary N) is 1. The van der Waals surface area contributed by atoms with Gasteiger partial charge in [0.2, 0.25) is 11.8 Å². The van der Waals surface area contributed by atoms with Gasteiger partial charge in [-0.2, -0.15) is 4.98 Å². The average Bonchev–Trinajstić information content (AvgIpc) is 2.83. The predicted octanol–water partition coefficient (Wildman–Crippen LogP) is 2.39. The van der Waals surface area contributed by atoms with E-state index in [0.29, 0.717) is 5.88 Å². The minimum absolute atomic E-state index is 0.163. The van der Waals surface area contributed by atoms with Crippen molar-refractivity contribution in [2.45, 2.75) is 32.3 Å². The van der Waals surface area contributed by atoms with Crippen LogP contribution >= 0.6 is 11.3 Å². The zero-order valence-electron chi connectivity index (χ0n) is 10.9. The molecule has 0 amide bonds. The Morgan fingerprint density at radius 2 is 2.21 bits per heavy atom. The van der Waals surface area contributed by atoms with Gasteiger partial charge in [-0.15, -0.1) is 11.3 Å². The van der Waals surface area contributed by atoms with Crippen molar-refractivity contribution in [2.75, 3.05) is 18.9 Å². The van der Waals surface area contributed by atoms with E-state index in [9.17, 15) is 0 Å². The molecule has 0 aliphatic carbocycles. The second-order valence-corrected chi connectivity index (χ2v) is 5.72. The van der Waals surface area contributed by atoms with Crippen LogP contribution in [-0.4, -0.2) is 29.3 Å². The zero-order valence-corrected chi connectivity index (χ0v) is 11.7. The number of nitrogen functional groups attached to an aromatic ring is 1. The molecule has 1 aliphatic heterocycles. The van der Waals surface area contributed by atoms with Crippen LogP contribution in [0.2, 0.25) is 0 Å². The Labute approximate surface area is 115 Å². The molecule has 0 atom stereocenters. The first kappa shape index (κ1) is 12.6. The number of nitrogens with zero attached hydrogens (tertiary/aromatic N) is 2. The largest absolute Gasteiger partial charge is 0.474 e. The zero-order chi connectivity index (χ0) is 13.2. The SMILES string of the molecule is CCc1cc2c(OC3CCOCC3)nc(N)nc2s1. The van der Waals surface area contributed by atoms with Crippen LogP contribution in [0.4, 0.5) is 5.95 Å². The maximum Gasteiger partial charge on any atom is 0.227 e. The van der Waals surface area contributed by atoms with Crippen LogP contribution in [-0.2, 0) is 11.2 Å². The Bertz CT molecular complexity index is 579. The van der Waals surface area contributed by atoms with Crippen LogP contribution in [0.25, 0.3) is 10.2 Å². The third-order valence-corrected chi connectivity index (χ3v) is 4.39. The quantitative estimate of drug-likeness (QED) is 0.934. The van der Waals surface area contributed by atoms with Crippen molar-refractivity contribution in [1.82, 2.24) is 9.97 Å². The van der Waals surface area contributed by atoms with Crippen LogP contribution < -0.4 is 10.5 Å². The number of ether oxygens (including phenoxy) is 2. The molecule has 102 valence electrons. The fourth-order valence-electron chi connectivity index (χ4n) is 2.18. The molecule has 0 bridgehead atoms. The number of hydrogen-bond donors (Lipinski definition) is 1. The average molecular weight is 279 g/mol. The molecule has 1 saturated heterocycles. The highest BCUT2D eigenvalue weighted by atomic mass is 32.1. The molecule has 2 N–H and O–H groups in total. The van der Waals surface area contributed by atoms with Gasteiger partial charge in [0.15, 0.2) is 0 Å². The van der Waals surface area contributed by atoms with Crippen LogP contribution in [0.1, 0.15) is 24.6 Å². The smallest absolute Gasteiger partial charge is 0.227 e. The highest BCUT2D eigenvalue weighted by molar-refractivity contribution is 7.18. The minimum Gasteiger partial charge on any atom is -0.474 e. The van der Waals surface area contributed by atoms with E-state index in [1.165, 1.54) is 4.88 Å². The van der Waals surface area contributed by atoms with E-state index in [4.69, 9.17) is 15.2 Å². The number of anilines is 1. The molecule has 3 rings (SSSR count). The number of hydrogen-bond acceptors (Lipinski definition) is 6. The summed E-state index contributed by atoms with van der Waals surface area (Å²) in [5.41, 5.74) is 5.76. The summed E-state index contributed by atoms with van der Waals surface area (Å²) in [6, 6.07) is 2.11. The Morgan fingerprint density at radius 1 is 1.42 bits per heavy atom. The predicted molar refractivity (Wildman–Crippen MR) is 75.7 cm³/mol. The number of thiophene rings is 1. The molecule has 19 heavy (non-hydrogen) atoms. The summed E-state index contributed by atoms with van der Waals surface area (Å²) < 4.78 is 11.3. The van der Waals surface area contributed by atoms with E-state index in [2.05, 4.69) is 23.0 Å². The van der Waals surface area contributed by atoms with Crippen molar-refractivity contribution < 1.29 is 9.47 Å². The molecule has 1 fully saturated rings. The third kappa shape index (κ3) is 2.64. The Hall–Kier alpha value is -1.40. The topological polar surface area (TPSA) is 70.3 Å². The molecule has 6 heteroatoms. The summed E-state index contributed by atoms with van der Waals surface area (Å²) in [6.45, 7) is 3.62. The van der Waals surface area contributed by atoms with Crippen molar-refractivity contribution in [1.29, 1.82) is 0 Å². The minimum atomic E-state index is 0.163. The van der Waals surface area contributed by atoms with Gasteiger partial charge in [-0.1, -0.05) is 6.92 Å². The molecule has 2 aromatic heterocycles. The fourth-order valence-corrected chi connectivity index (χ4v) is 3.14. The van der Waals surface area contributed by atoms with Crippen LogP contribution in [0.15, 0.2) is 6.07 Å². The monoisotopic (exact) mass is 279 g/mol. The first-order valence-corrected chi connectivity index (χ1v) is 7.38. The second-order valence-electron chi connectivity index (χ2n) is 4.60. The van der Waals surface area contributed by atoms with Gasteiger partial charge in [0, 0.05) is 17.7 Å². The van der Waals surface area contributed by atoms with Gasteiger partial charge < -0.3 is 15.2 Å². The van der Waals surface area contributed by atoms with E-state index < -0.39 is 0 Å². The lowest BCUT2D eigenvalue weighted by Crippen LogP contribution is -2.26. The normalized spacial score (nSPS) is 16.9. The molecule has 2 aromatic rings. The molecule has 0 spiro atoms. The lowest BCUT2D eigenvalue weighted by atomic mass is 10.1. The highest BCUT2D eigenvalue weighted by Gasteiger charge is 2.19. The first-order chi connectivity index (χ1) is 9.26. The Kier molecular flexibility index (Phi) is 3.52. The second kappa shape index (κ2) is 5.30. The van der Waals surface area contributed by atoms with Crippen LogP contribution in [0.5, 0.6) is 5.88 Å². The number of aromatic nitrogens is 2. The summed E-state index contributed by atoms with van der Waals surface area (Å²) in [6.07, 6.45) is 2.94. The summed E-state index contributed by atoms with van der Waals surface area (Å²) >= 11 is 1.65.